The fourth-order valence-electron chi connectivity index (χ4n) is 2.84. The predicted octanol–water partition coefficient (Wildman–Crippen LogP) is 3.02. The number of hydrogen-bond donors (Lipinski definition) is 1. The molecule has 1 N–H and O–H groups in total. The van der Waals surface area contributed by atoms with Gasteiger partial charge in [0.15, 0.2) is 0 Å². The summed E-state index contributed by atoms with van der Waals surface area (Å²) in [5.74, 6) is 0.0619. The minimum absolute atomic E-state index is 0.0748. The highest BCUT2D eigenvalue weighted by molar-refractivity contribution is 6.42. The van der Waals surface area contributed by atoms with Gasteiger partial charge in [0.25, 0.3) is 5.91 Å². The van der Waals surface area contributed by atoms with Crippen LogP contribution in [-0.4, -0.2) is 23.9 Å². The van der Waals surface area contributed by atoms with Crippen LogP contribution in [0.4, 0.5) is 5.69 Å². The first-order chi connectivity index (χ1) is 9.91. The first-order valence-corrected chi connectivity index (χ1v) is 7.75. The zero-order chi connectivity index (χ0) is 15.2. The molecule has 0 bridgehead atoms. The Kier molecular flexibility index (Phi) is 3.62. The first-order valence-electron chi connectivity index (χ1n) is 7.00. The molecule has 6 heteroatoms. The Morgan fingerprint density at radius 2 is 1.95 bits per heavy atom. The van der Waals surface area contributed by atoms with Crippen LogP contribution in [0.3, 0.4) is 0 Å². The van der Waals surface area contributed by atoms with Crippen LogP contribution < -0.4 is 10.2 Å². The van der Waals surface area contributed by atoms with Crippen molar-refractivity contribution in [3.8, 4) is 0 Å². The second kappa shape index (κ2) is 5.18. The third kappa shape index (κ3) is 2.62. The van der Waals surface area contributed by atoms with Crippen molar-refractivity contribution in [3.63, 3.8) is 0 Å². The number of nitrogens with zero attached hydrogens (tertiary/aromatic N) is 1. The quantitative estimate of drug-likeness (QED) is 0.908. The van der Waals surface area contributed by atoms with E-state index in [2.05, 4.69) is 5.32 Å². The van der Waals surface area contributed by atoms with Crippen LogP contribution in [0.5, 0.6) is 0 Å². The van der Waals surface area contributed by atoms with Gasteiger partial charge >= 0.3 is 0 Å². The molecule has 2 aliphatic rings. The highest BCUT2D eigenvalue weighted by atomic mass is 35.5. The van der Waals surface area contributed by atoms with E-state index >= 15 is 0 Å². The minimum Gasteiger partial charge on any atom is -0.342 e. The lowest BCUT2D eigenvalue weighted by Gasteiger charge is -2.32. The van der Waals surface area contributed by atoms with Crippen molar-refractivity contribution < 1.29 is 9.59 Å². The maximum absolute atomic E-state index is 12.9. The Morgan fingerprint density at radius 1 is 1.24 bits per heavy atom. The van der Waals surface area contributed by atoms with Gasteiger partial charge in [0.1, 0.15) is 5.54 Å². The fourth-order valence-corrected chi connectivity index (χ4v) is 3.13. The van der Waals surface area contributed by atoms with Gasteiger partial charge in [-0.1, -0.05) is 23.2 Å². The summed E-state index contributed by atoms with van der Waals surface area (Å²) < 4.78 is 0. The van der Waals surface area contributed by atoms with Crippen molar-refractivity contribution in [2.45, 2.75) is 31.7 Å². The van der Waals surface area contributed by atoms with Crippen LogP contribution in [0.2, 0.25) is 10.0 Å². The van der Waals surface area contributed by atoms with Gasteiger partial charge < -0.3 is 10.2 Å². The number of amides is 2. The third-order valence-corrected chi connectivity index (χ3v) is 5.00. The zero-order valence-electron chi connectivity index (χ0n) is 11.7. The van der Waals surface area contributed by atoms with Crippen molar-refractivity contribution in [3.05, 3.63) is 28.2 Å². The van der Waals surface area contributed by atoms with Crippen LogP contribution in [0.25, 0.3) is 0 Å². The van der Waals surface area contributed by atoms with Gasteiger partial charge in [-0.25, -0.2) is 0 Å². The summed E-state index contributed by atoms with van der Waals surface area (Å²) in [5, 5.41) is 3.75. The average molecular weight is 327 g/mol. The molecule has 1 saturated heterocycles. The minimum atomic E-state index is -0.820. The molecule has 0 spiro atoms. The van der Waals surface area contributed by atoms with Crippen LogP contribution in [-0.2, 0) is 9.59 Å². The molecule has 1 saturated carbocycles. The van der Waals surface area contributed by atoms with Crippen molar-refractivity contribution in [2.75, 3.05) is 11.4 Å². The predicted molar refractivity (Wildman–Crippen MR) is 82.7 cm³/mol. The summed E-state index contributed by atoms with van der Waals surface area (Å²) in [6.07, 6.45) is 2.23. The van der Waals surface area contributed by atoms with Crippen molar-refractivity contribution >= 4 is 40.7 Å². The molecule has 2 amide bonds. The second-order valence-corrected chi connectivity index (χ2v) is 6.64. The Hall–Kier alpha value is -1.26. The molecule has 1 heterocycles. The van der Waals surface area contributed by atoms with Crippen LogP contribution in [0, 0.1) is 5.92 Å². The van der Waals surface area contributed by atoms with E-state index in [0.29, 0.717) is 22.3 Å². The van der Waals surface area contributed by atoms with Crippen LogP contribution in [0.1, 0.15) is 26.2 Å². The normalized spacial score (nSPS) is 26.5. The summed E-state index contributed by atoms with van der Waals surface area (Å²) >= 11 is 12.0. The van der Waals surface area contributed by atoms with E-state index in [-0.39, 0.29) is 24.2 Å². The van der Waals surface area contributed by atoms with E-state index in [1.165, 1.54) is 0 Å². The van der Waals surface area contributed by atoms with Crippen molar-refractivity contribution in [1.29, 1.82) is 0 Å². The molecule has 1 aromatic carbocycles. The Labute approximate surface area is 133 Å². The van der Waals surface area contributed by atoms with Crippen LogP contribution in [0.15, 0.2) is 18.2 Å². The van der Waals surface area contributed by atoms with Gasteiger partial charge in [0.2, 0.25) is 5.91 Å². The van der Waals surface area contributed by atoms with Crippen molar-refractivity contribution in [1.82, 2.24) is 5.32 Å². The molecular formula is C15H16Cl2N2O2. The molecule has 1 aliphatic carbocycles. The van der Waals surface area contributed by atoms with E-state index in [4.69, 9.17) is 23.2 Å². The molecule has 1 atom stereocenters. The lowest BCUT2D eigenvalue weighted by atomic mass is 9.94. The smallest absolute Gasteiger partial charge is 0.252 e. The maximum atomic E-state index is 12.9. The standard InChI is InChI=1S/C15H16Cl2N2O2/c1-15(9-2-3-9)14(21)19(7-6-13(20)18-15)10-4-5-11(16)12(17)8-10/h4-5,8-9H,2-3,6-7H2,1H3,(H,18,20). The molecule has 1 aliphatic heterocycles. The Balaban J connectivity index is 1.98. The van der Waals surface area contributed by atoms with E-state index < -0.39 is 5.54 Å². The van der Waals surface area contributed by atoms with E-state index in [0.717, 1.165) is 12.8 Å². The van der Waals surface area contributed by atoms with Crippen molar-refractivity contribution in [2.24, 2.45) is 5.92 Å². The Morgan fingerprint density at radius 3 is 2.57 bits per heavy atom. The summed E-state index contributed by atoms with van der Waals surface area (Å²) in [4.78, 5) is 26.5. The Bertz CT molecular complexity index is 616. The summed E-state index contributed by atoms with van der Waals surface area (Å²) in [6, 6.07) is 5.10. The van der Waals surface area contributed by atoms with Gasteiger partial charge in [-0.2, -0.15) is 0 Å². The summed E-state index contributed by atoms with van der Waals surface area (Å²) in [5.41, 5.74) is -0.141. The lowest BCUT2D eigenvalue weighted by molar-refractivity contribution is -0.130. The topological polar surface area (TPSA) is 49.4 Å². The number of hydrogen-bond acceptors (Lipinski definition) is 2. The molecule has 0 radical (unpaired) electrons. The number of carbonyl (C=O) groups is 2. The second-order valence-electron chi connectivity index (χ2n) is 5.83. The molecule has 2 fully saturated rings. The maximum Gasteiger partial charge on any atom is 0.252 e. The largest absolute Gasteiger partial charge is 0.342 e. The van der Waals surface area contributed by atoms with E-state index in [1.54, 1.807) is 23.1 Å². The number of nitrogens with one attached hydrogen (secondary N) is 1. The van der Waals surface area contributed by atoms with E-state index in [1.807, 2.05) is 6.92 Å². The number of rotatable bonds is 2. The molecule has 1 unspecified atom stereocenters. The van der Waals surface area contributed by atoms with Crippen LogP contribution >= 0.6 is 23.2 Å². The van der Waals surface area contributed by atoms with Gasteiger partial charge in [0, 0.05) is 18.7 Å². The molecule has 0 aromatic heterocycles. The van der Waals surface area contributed by atoms with Gasteiger partial charge in [-0.05, 0) is 43.9 Å². The monoisotopic (exact) mass is 326 g/mol. The van der Waals surface area contributed by atoms with Gasteiger partial charge in [-0.3, -0.25) is 9.59 Å². The van der Waals surface area contributed by atoms with E-state index in [9.17, 15) is 9.59 Å². The lowest BCUT2D eigenvalue weighted by Crippen LogP contribution is -2.56. The van der Waals surface area contributed by atoms with Gasteiger partial charge in [-0.15, -0.1) is 0 Å². The highest BCUT2D eigenvalue weighted by Crippen LogP contribution is 2.42. The fraction of sp³-hybridized carbons (Fsp3) is 0.467. The average Bonchev–Trinajstić information content (AvgIpc) is 3.26. The molecule has 112 valence electrons. The number of carbonyl (C=O) groups excluding carboxylic acids is 2. The number of benzene rings is 1. The molecule has 1 aromatic rings. The molecule has 21 heavy (non-hydrogen) atoms. The molecular weight excluding hydrogens is 311 g/mol. The number of anilines is 1. The molecule has 4 nitrogen and oxygen atoms in total. The summed E-state index contributed by atoms with van der Waals surface area (Å²) in [6.45, 7) is 2.17. The molecule has 3 rings (SSSR count). The SMILES string of the molecule is CC1(C2CC2)NC(=O)CCN(c2ccc(Cl)c(Cl)c2)C1=O. The highest BCUT2D eigenvalue weighted by Gasteiger charge is 2.51. The first kappa shape index (κ1) is 14.7. The zero-order valence-corrected chi connectivity index (χ0v) is 13.2. The third-order valence-electron chi connectivity index (χ3n) is 4.26. The number of halogens is 2. The summed E-state index contributed by atoms with van der Waals surface area (Å²) in [7, 11) is 0. The van der Waals surface area contributed by atoms with Gasteiger partial charge in [0.05, 0.1) is 10.0 Å².